The Morgan fingerprint density at radius 2 is 2.11 bits per heavy atom. The zero-order valence-corrected chi connectivity index (χ0v) is 10.7. The van der Waals surface area contributed by atoms with Gasteiger partial charge in [-0.1, -0.05) is 18.2 Å². The molecule has 1 aliphatic rings. The molecule has 1 fully saturated rings. The van der Waals surface area contributed by atoms with Crippen LogP contribution < -0.4 is 10.1 Å². The molecule has 18 heavy (non-hydrogen) atoms. The number of hydrogen-bond acceptors (Lipinski definition) is 3. The van der Waals surface area contributed by atoms with Gasteiger partial charge in [-0.3, -0.25) is 10.1 Å². The van der Waals surface area contributed by atoms with E-state index in [1.807, 2.05) is 31.2 Å². The van der Waals surface area contributed by atoms with Crippen molar-refractivity contribution in [2.75, 3.05) is 7.11 Å². The number of ether oxygens (including phenoxy) is 1. The summed E-state index contributed by atoms with van der Waals surface area (Å²) in [6.07, 6.45) is 2.01. The molecule has 0 saturated heterocycles. The minimum Gasteiger partial charge on any atom is -0.496 e. The Bertz CT molecular complexity index is 429. The van der Waals surface area contributed by atoms with Crippen molar-refractivity contribution in [1.29, 1.82) is 0 Å². The molecular formula is C14H19NO3. The molecule has 0 aliphatic heterocycles. The fraction of sp³-hybridized carbons (Fsp3) is 0.500. The van der Waals surface area contributed by atoms with E-state index >= 15 is 0 Å². The number of hydrogen-bond donors (Lipinski definition) is 2. The molecule has 4 heteroatoms. The predicted molar refractivity (Wildman–Crippen MR) is 68.7 cm³/mol. The van der Waals surface area contributed by atoms with Gasteiger partial charge in [0.25, 0.3) is 0 Å². The summed E-state index contributed by atoms with van der Waals surface area (Å²) in [5.74, 6) is 0.302. The van der Waals surface area contributed by atoms with E-state index in [0.717, 1.165) is 24.2 Å². The number of aliphatic carboxylic acids is 1. The second-order valence-corrected chi connectivity index (χ2v) is 4.78. The highest BCUT2D eigenvalue weighted by molar-refractivity contribution is 5.74. The lowest BCUT2D eigenvalue weighted by molar-refractivity contribution is -0.140. The lowest BCUT2D eigenvalue weighted by atomic mass is 10.0. The fourth-order valence-electron chi connectivity index (χ4n) is 2.22. The monoisotopic (exact) mass is 249 g/mol. The summed E-state index contributed by atoms with van der Waals surface area (Å²) in [5.41, 5.74) is 0.993. The van der Waals surface area contributed by atoms with Crippen LogP contribution in [0.3, 0.4) is 0 Å². The average Bonchev–Trinajstić information content (AvgIpc) is 3.19. The maximum absolute atomic E-state index is 11.2. The number of carboxylic acids is 1. The first kappa shape index (κ1) is 12.9. The zero-order valence-electron chi connectivity index (χ0n) is 10.7. The van der Waals surface area contributed by atoms with Crippen LogP contribution in [-0.2, 0) is 4.79 Å². The van der Waals surface area contributed by atoms with Crippen LogP contribution in [-0.4, -0.2) is 24.2 Å². The van der Waals surface area contributed by atoms with Gasteiger partial charge >= 0.3 is 5.97 Å². The Balaban J connectivity index is 2.10. The highest BCUT2D eigenvalue weighted by Gasteiger charge is 2.37. The van der Waals surface area contributed by atoms with Gasteiger partial charge in [0.15, 0.2) is 0 Å². The number of carbonyl (C=O) groups is 1. The molecule has 0 amide bonds. The van der Waals surface area contributed by atoms with Gasteiger partial charge in [-0.25, -0.2) is 0 Å². The van der Waals surface area contributed by atoms with Crippen molar-refractivity contribution in [2.24, 2.45) is 5.92 Å². The normalized spacial score (nSPS) is 18.1. The molecule has 0 heterocycles. The lowest BCUT2D eigenvalue weighted by Gasteiger charge is -2.21. The van der Waals surface area contributed by atoms with Crippen molar-refractivity contribution in [3.8, 4) is 5.75 Å². The van der Waals surface area contributed by atoms with E-state index in [-0.39, 0.29) is 12.0 Å². The smallest absolute Gasteiger partial charge is 0.320 e. The quantitative estimate of drug-likeness (QED) is 0.811. The SMILES string of the molecule is COc1ccccc1[C@H](C)NC(C(=O)O)C1CC1. The van der Waals surface area contributed by atoms with E-state index in [9.17, 15) is 9.90 Å². The van der Waals surface area contributed by atoms with Crippen LogP contribution in [0, 0.1) is 5.92 Å². The van der Waals surface area contributed by atoms with E-state index in [1.165, 1.54) is 0 Å². The van der Waals surface area contributed by atoms with Crippen LogP contribution in [0.15, 0.2) is 24.3 Å². The van der Waals surface area contributed by atoms with Crippen molar-refractivity contribution in [3.05, 3.63) is 29.8 Å². The van der Waals surface area contributed by atoms with Crippen LogP contribution in [0.4, 0.5) is 0 Å². The minimum absolute atomic E-state index is 0.0390. The largest absolute Gasteiger partial charge is 0.496 e. The summed E-state index contributed by atoms with van der Waals surface area (Å²) in [6, 6.07) is 7.20. The fourth-order valence-corrected chi connectivity index (χ4v) is 2.22. The number of nitrogens with one attached hydrogen (secondary N) is 1. The molecule has 2 N–H and O–H groups in total. The van der Waals surface area contributed by atoms with Crippen molar-refractivity contribution in [1.82, 2.24) is 5.32 Å². The second-order valence-electron chi connectivity index (χ2n) is 4.78. The van der Waals surface area contributed by atoms with Crippen LogP contribution in [0.5, 0.6) is 5.75 Å². The van der Waals surface area contributed by atoms with E-state index in [4.69, 9.17) is 4.74 Å². The molecular weight excluding hydrogens is 230 g/mol. The third-order valence-corrected chi connectivity index (χ3v) is 3.39. The number of para-hydroxylation sites is 1. The maximum atomic E-state index is 11.2. The maximum Gasteiger partial charge on any atom is 0.320 e. The van der Waals surface area contributed by atoms with Gasteiger partial charge in [0.2, 0.25) is 0 Å². The number of carboxylic acid groups (broad SMARTS) is 1. The molecule has 2 atom stereocenters. The summed E-state index contributed by atoms with van der Waals surface area (Å²) in [5, 5.41) is 12.4. The first-order valence-electron chi connectivity index (χ1n) is 6.25. The van der Waals surface area contributed by atoms with Crippen molar-refractivity contribution >= 4 is 5.97 Å². The van der Waals surface area contributed by atoms with Crippen LogP contribution >= 0.6 is 0 Å². The molecule has 2 rings (SSSR count). The highest BCUT2D eigenvalue weighted by atomic mass is 16.5. The molecule has 98 valence electrons. The summed E-state index contributed by atoms with van der Waals surface area (Å²) in [7, 11) is 1.63. The standard InChI is InChI=1S/C14H19NO3/c1-9(11-5-3-4-6-12(11)18-2)15-13(14(16)17)10-7-8-10/h3-6,9-10,13,15H,7-8H2,1-2H3,(H,16,17)/t9-,13?/m0/s1. The first-order valence-corrected chi connectivity index (χ1v) is 6.25. The van der Waals surface area contributed by atoms with Gasteiger partial charge in [0, 0.05) is 11.6 Å². The van der Waals surface area contributed by atoms with E-state index in [0.29, 0.717) is 0 Å². The third kappa shape index (κ3) is 2.82. The first-order chi connectivity index (χ1) is 8.63. The molecule has 1 unspecified atom stereocenters. The molecule has 0 aromatic heterocycles. The van der Waals surface area contributed by atoms with Crippen LogP contribution in [0.2, 0.25) is 0 Å². The third-order valence-electron chi connectivity index (χ3n) is 3.39. The van der Waals surface area contributed by atoms with Gasteiger partial charge < -0.3 is 9.84 Å². The van der Waals surface area contributed by atoms with Crippen molar-refractivity contribution < 1.29 is 14.6 Å². The highest BCUT2D eigenvalue weighted by Crippen LogP contribution is 2.34. The summed E-state index contributed by atoms with van der Waals surface area (Å²) in [4.78, 5) is 11.2. The zero-order chi connectivity index (χ0) is 13.1. The van der Waals surface area contributed by atoms with Crippen LogP contribution in [0.25, 0.3) is 0 Å². The lowest BCUT2D eigenvalue weighted by Crippen LogP contribution is -2.40. The Morgan fingerprint density at radius 1 is 1.44 bits per heavy atom. The van der Waals surface area contributed by atoms with Crippen molar-refractivity contribution in [3.63, 3.8) is 0 Å². The predicted octanol–water partition coefficient (Wildman–Crippen LogP) is 2.21. The Labute approximate surface area is 107 Å². The van der Waals surface area contributed by atoms with Gasteiger partial charge in [0.05, 0.1) is 7.11 Å². The Hall–Kier alpha value is -1.55. The Morgan fingerprint density at radius 3 is 2.67 bits per heavy atom. The van der Waals surface area contributed by atoms with E-state index in [2.05, 4.69) is 5.32 Å². The van der Waals surface area contributed by atoms with Gasteiger partial charge in [0.1, 0.15) is 11.8 Å². The topological polar surface area (TPSA) is 58.6 Å². The van der Waals surface area contributed by atoms with Gasteiger partial charge in [-0.2, -0.15) is 0 Å². The van der Waals surface area contributed by atoms with Gasteiger partial charge in [-0.05, 0) is 31.7 Å². The van der Waals surface area contributed by atoms with Crippen molar-refractivity contribution in [2.45, 2.75) is 31.8 Å². The summed E-state index contributed by atoms with van der Waals surface area (Å²) in [6.45, 7) is 1.97. The molecule has 0 radical (unpaired) electrons. The molecule has 0 bridgehead atoms. The second kappa shape index (κ2) is 5.40. The van der Waals surface area contributed by atoms with Crippen LogP contribution in [0.1, 0.15) is 31.4 Å². The summed E-state index contributed by atoms with van der Waals surface area (Å²) < 4.78 is 5.30. The van der Waals surface area contributed by atoms with E-state index in [1.54, 1.807) is 7.11 Å². The molecule has 1 aromatic carbocycles. The molecule has 1 aliphatic carbocycles. The molecule has 0 spiro atoms. The summed E-state index contributed by atoms with van der Waals surface area (Å²) >= 11 is 0. The molecule has 4 nitrogen and oxygen atoms in total. The minimum atomic E-state index is -0.765. The number of methoxy groups -OCH3 is 1. The Kier molecular flexibility index (Phi) is 3.87. The number of benzene rings is 1. The number of rotatable bonds is 6. The molecule has 1 saturated carbocycles. The average molecular weight is 249 g/mol. The molecule has 1 aromatic rings. The van der Waals surface area contributed by atoms with E-state index < -0.39 is 12.0 Å². The van der Waals surface area contributed by atoms with Gasteiger partial charge in [-0.15, -0.1) is 0 Å².